The number of nitrogens with zero attached hydrogens (tertiary/aromatic N) is 1. The number of carbonyl (C=O) groups is 2. The normalized spacial score (nSPS) is 11.6. The maximum Gasteiger partial charge on any atom is 0.258 e. The van der Waals surface area contributed by atoms with Crippen LogP contribution in [0.2, 0.25) is 0 Å². The van der Waals surface area contributed by atoms with E-state index in [0.717, 1.165) is 16.8 Å². The lowest BCUT2D eigenvalue weighted by atomic mass is 10.1. The molecule has 3 aromatic carbocycles. The molecule has 0 aromatic heterocycles. The van der Waals surface area contributed by atoms with E-state index in [2.05, 4.69) is 5.32 Å². The van der Waals surface area contributed by atoms with Crippen molar-refractivity contribution in [3.63, 3.8) is 0 Å². The maximum absolute atomic E-state index is 13.1. The lowest BCUT2D eigenvalue weighted by Crippen LogP contribution is -2.31. The summed E-state index contributed by atoms with van der Waals surface area (Å²) in [5.41, 5.74) is 3.94. The lowest BCUT2D eigenvalue weighted by Gasteiger charge is -2.22. The number of nitrogens with one attached hydrogen (secondary N) is 1. The van der Waals surface area contributed by atoms with Gasteiger partial charge in [0.15, 0.2) is 0 Å². The Kier molecular flexibility index (Phi) is 6.45. The van der Waals surface area contributed by atoms with E-state index in [0.29, 0.717) is 17.7 Å². The van der Waals surface area contributed by atoms with E-state index in [1.165, 1.54) is 0 Å². The fourth-order valence-corrected chi connectivity index (χ4v) is 3.29. The summed E-state index contributed by atoms with van der Waals surface area (Å²) < 4.78 is 0. The molecule has 4 heteroatoms. The van der Waals surface area contributed by atoms with Crippen molar-refractivity contribution in [2.45, 2.75) is 26.8 Å². The number of hydrogen-bond acceptors (Lipinski definition) is 2. The molecule has 1 atom stereocenters. The minimum atomic E-state index is -0.199. The van der Waals surface area contributed by atoms with Crippen LogP contribution >= 0.6 is 0 Å². The van der Waals surface area contributed by atoms with Crippen molar-refractivity contribution >= 4 is 17.5 Å². The highest BCUT2D eigenvalue weighted by Gasteiger charge is 2.18. The summed E-state index contributed by atoms with van der Waals surface area (Å²) in [5.74, 6) is -0.321. The molecule has 0 radical (unpaired) electrons. The van der Waals surface area contributed by atoms with Gasteiger partial charge in [0.25, 0.3) is 11.8 Å². The molecule has 1 N–H and O–H groups in total. The van der Waals surface area contributed by atoms with Crippen LogP contribution in [0.3, 0.4) is 0 Å². The number of carbonyl (C=O) groups excluding carboxylic acids is 2. The van der Waals surface area contributed by atoms with Crippen LogP contribution in [0.15, 0.2) is 78.9 Å². The molecule has 0 saturated carbocycles. The van der Waals surface area contributed by atoms with Crippen LogP contribution in [0.1, 0.15) is 51.7 Å². The zero-order valence-electron chi connectivity index (χ0n) is 17.1. The van der Waals surface area contributed by atoms with Crippen molar-refractivity contribution in [3.05, 3.63) is 101 Å². The van der Waals surface area contributed by atoms with Gasteiger partial charge in [-0.1, -0.05) is 48.5 Å². The van der Waals surface area contributed by atoms with Crippen molar-refractivity contribution in [3.8, 4) is 0 Å². The molecular weight excluding hydrogens is 360 g/mol. The van der Waals surface area contributed by atoms with Crippen molar-refractivity contribution in [1.82, 2.24) is 5.32 Å². The van der Waals surface area contributed by atoms with Crippen molar-refractivity contribution in [1.29, 1.82) is 0 Å². The van der Waals surface area contributed by atoms with Gasteiger partial charge in [-0.25, -0.2) is 0 Å². The van der Waals surface area contributed by atoms with Crippen LogP contribution in [-0.4, -0.2) is 18.4 Å². The second kappa shape index (κ2) is 9.20. The summed E-state index contributed by atoms with van der Waals surface area (Å²) in [6, 6.07) is 24.4. The van der Waals surface area contributed by atoms with E-state index >= 15 is 0 Å². The highest BCUT2D eigenvalue weighted by Crippen LogP contribution is 2.19. The Morgan fingerprint density at radius 1 is 0.897 bits per heavy atom. The first kappa shape index (κ1) is 20.3. The zero-order valence-corrected chi connectivity index (χ0v) is 17.1. The summed E-state index contributed by atoms with van der Waals surface area (Å²) in [6.07, 6.45) is 0. The van der Waals surface area contributed by atoms with Crippen molar-refractivity contribution in [2.75, 3.05) is 11.4 Å². The first-order valence-corrected chi connectivity index (χ1v) is 9.84. The van der Waals surface area contributed by atoms with Crippen molar-refractivity contribution in [2.24, 2.45) is 0 Å². The van der Waals surface area contributed by atoms with Gasteiger partial charge in [0, 0.05) is 23.4 Å². The Morgan fingerprint density at radius 3 is 2.28 bits per heavy atom. The summed E-state index contributed by atoms with van der Waals surface area (Å²) in [5, 5.41) is 3.00. The molecule has 0 fully saturated rings. The summed E-state index contributed by atoms with van der Waals surface area (Å²) in [7, 11) is 0. The largest absolute Gasteiger partial charge is 0.346 e. The molecule has 29 heavy (non-hydrogen) atoms. The first-order chi connectivity index (χ1) is 14.0. The number of anilines is 1. The lowest BCUT2D eigenvalue weighted by molar-refractivity contribution is 0.0940. The van der Waals surface area contributed by atoms with Gasteiger partial charge in [-0.2, -0.15) is 0 Å². The molecule has 1 unspecified atom stereocenters. The third kappa shape index (κ3) is 4.91. The van der Waals surface area contributed by atoms with Crippen LogP contribution in [0.5, 0.6) is 0 Å². The molecule has 0 spiro atoms. The van der Waals surface area contributed by atoms with Gasteiger partial charge >= 0.3 is 0 Å². The molecule has 3 aromatic rings. The molecule has 148 valence electrons. The molecule has 0 saturated heterocycles. The Morgan fingerprint density at radius 2 is 1.59 bits per heavy atom. The summed E-state index contributed by atoms with van der Waals surface area (Å²) in [4.78, 5) is 27.5. The Bertz CT molecular complexity index is 998. The van der Waals surface area contributed by atoms with E-state index in [1.807, 2.05) is 75.4 Å². The van der Waals surface area contributed by atoms with Crippen LogP contribution in [0, 0.1) is 6.92 Å². The minimum absolute atomic E-state index is 0.121. The Balaban J connectivity index is 1.79. The van der Waals surface area contributed by atoms with Crippen LogP contribution < -0.4 is 10.2 Å². The average molecular weight is 386 g/mol. The van der Waals surface area contributed by atoms with Gasteiger partial charge in [-0.05, 0) is 62.2 Å². The maximum atomic E-state index is 13.1. The smallest absolute Gasteiger partial charge is 0.258 e. The number of amides is 2. The van der Waals surface area contributed by atoms with Gasteiger partial charge in [0.05, 0.1) is 6.04 Å². The molecule has 0 bridgehead atoms. The van der Waals surface area contributed by atoms with Crippen LogP contribution in [-0.2, 0) is 0 Å². The monoisotopic (exact) mass is 386 g/mol. The third-order valence-electron chi connectivity index (χ3n) is 4.89. The zero-order chi connectivity index (χ0) is 20.8. The highest BCUT2D eigenvalue weighted by molar-refractivity contribution is 6.07. The Labute approximate surface area is 172 Å². The third-order valence-corrected chi connectivity index (χ3v) is 4.89. The topological polar surface area (TPSA) is 49.4 Å². The molecular formula is C25H26N2O2. The fraction of sp³-hybridized carbons (Fsp3) is 0.200. The molecule has 0 heterocycles. The van der Waals surface area contributed by atoms with Gasteiger partial charge in [-0.3, -0.25) is 9.59 Å². The molecule has 0 aliphatic carbocycles. The van der Waals surface area contributed by atoms with E-state index in [4.69, 9.17) is 0 Å². The fourth-order valence-electron chi connectivity index (χ4n) is 3.29. The quantitative estimate of drug-likeness (QED) is 0.637. The van der Waals surface area contributed by atoms with Gasteiger partial charge in [0.2, 0.25) is 0 Å². The van der Waals surface area contributed by atoms with Gasteiger partial charge in [0.1, 0.15) is 0 Å². The second-order valence-corrected chi connectivity index (χ2v) is 7.08. The molecule has 0 aliphatic rings. The number of hydrogen-bond donors (Lipinski definition) is 1. The molecule has 3 rings (SSSR count). The van der Waals surface area contributed by atoms with Crippen molar-refractivity contribution < 1.29 is 9.59 Å². The Hall–Kier alpha value is -3.40. The van der Waals surface area contributed by atoms with Crippen LogP contribution in [0.25, 0.3) is 0 Å². The number of aryl methyl sites for hydroxylation is 1. The predicted molar refractivity (Wildman–Crippen MR) is 117 cm³/mol. The molecule has 4 nitrogen and oxygen atoms in total. The summed E-state index contributed by atoms with van der Waals surface area (Å²) in [6.45, 7) is 6.43. The van der Waals surface area contributed by atoms with Gasteiger partial charge < -0.3 is 10.2 Å². The second-order valence-electron chi connectivity index (χ2n) is 7.08. The standard InChI is InChI=1S/C25H26N2O2/c1-4-27(23-15-8-10-18(2)16-23)25(29)22-14-9-13-21(17-22)24(28)26-19(3)20-11-6-5-7-12-20/h5-17,19H,4H2,1-3H3,(H,26,28). The van der Waals surface area contributed by atoms with E-state index in [1.54, 1.807) is 29.2 Å². The van der Waals surface area contributed by atoms with E-state index < -0.39 is 0 Å². The average Bonchev–Trinajstić information content (AvgIpc) is 2.75. The predicted octanol–water partition coefficient (Wildman–Crippen LogP) is 5.15. The van der Waals surface area contributed by atoms with Crippen LogP contribution in [0.4, 0.5) is 5.69 Å². The van der Waals surface area contributed by atoms with Gasteiger partial charge in [-0.15, -0.1) is 0 Å². The number of rotatable bonds is 6. The first-order valence-electron chi connectivity index (χ1n) is 9.84. The minimum Gasteiger partial charge on any atom is -0.346 e. The summed E-state index contributed by atoms with van der Waals surface area (Å²) >= 11 is 0. The van der Waals surface area contributed by atoms with E-state index in [9.17, 15) is 9.59 Å². The molecule has 0 aliphatic heterocycles. The molecule has 2 amide bonds. The number of benzene rings is 3. The highest BCUT2D eigenvalue weighted by atomic mass is 16.2. The van der Waals surface area contributed by atoms with E-state index in [-0.39, 0.29) is 17.9 Å². The SMILES string of the molecule is CCN(C(=O)c1cccc(C(=O)NC(C)c2ccccc2)c1)c1cccc(C)c1.